The van der Waals surface area contributed by atoms with E-state index in [0.717, 1.165) is 6.42 Å². The minimum atomic E-state index is -2.90. The van der Waals surface area contributed by atoms with Crippen LogP contribution in [-0.4, -0.2) is 26.5 Å². The highest BCUT2D eigenvalue weighted by atomic mass is 32.2. The van der Waals surface area contributed by atoms with Gasteiger partial charge in [0, 0.05) is 12.8 Å². The first-order valence-electron chi connectivity index (χ1n) is 3.93. The van der Waals surface area contributed by atoms with E-state index in [4.69, 9.17) is 5.73 Å². The Bertz CT molecular complexity index is 219. The third kappa shape index (κ3) is 2.79. The molecule has 0 aromatic heterocycles. The lowest BCUT2D eigenvalue weighted by Gasteiger charge is -2.10. The molecule has 1 aliphatic rings. The van der Waals surface area contributed by atoms with E-state index >= 15 is 0 Å². The number of hydrogen-bond acceptors (Lipinski definition) is 3. The zero-order valence-electron chi connectivity index (χ0n) is 6.79. The monoisotopic (exact) mass is 177 g/mol. The summed E-state index contributed by atoms with van der Waals surface area (Å²) in [6, 6.07) is 0. The summed E-state index contributed by atoms with van der Waals surface area (Å²) >= 11 is 0. The highest BCUT2D eigenvalue weighted by molar-refractivity contribution is 7.91. The molecule has 0 spiro atoms. The van der Waals surface area contributed by atoms with E-state index in [-0.39, 0.29) is 11.8 Å². The third-order valence-electron chi connectivity index (χ3n) is 2.16. The first kappa shape index (κ1) is 9.00. The predicted molar refractivity (Wildman–Crippen MR) is 45.0 cm³/mol. The molecule has 1 saturated carbocycles. The molecule has 0 amide bonds. The van der Waals surface area contributed by atoms with Gasteiger partial charge in [-0.25, -0.2) is 8.42 Å². The van der Waals surface area contributed by atoms with Gasteiger partial charge < -0.3 is 5.73 Å². The summed E-state index contributed by atoms with van der Waals surface area (Å²) in [6.07, 6.45) is 4.42. The van der Waals surface area contributed by atoms with Gasteiger partial charge in [-0.05, 0) is 12.3 Å². The average molecular weight is 177 g/mol. The van der Waals surface area contributed by atoms with Crippen molar-refractivity contribution in [2.24, 2.45) is 11.7 Å². The molecule has 11 heavy (non-hydrogen) atoms. The van der Waals surface area contributed by atoms with E-state index in [9.17, 15) is 8.42 Å². The fourth-order valence-corrected chi connectivity index (χ4v) is 2.14. The van der Waals surface area contributed by atoms with Crippen molar-refractivity contribution in [3.63, 3.8) is 0 Å². The molecule has 3 nitrogen and oxygen atoms in total. The van der Waals surface area contributed by atoms with Crippen molar-refractivity contribution >= 4 is 9.84 Å². The maximum absolute atomic E-state index is 11.0. The maximum Gasteiger partial charge on any atom is 0.151 e. The van der Waals surface area contributed by atoms with Crippen molar-refractivity contribution in [3.05, 3.63) is 0 Å². The number of nitrogens with two attached hydrogens (primary N) is 1. The van der Waals surface area contributed by atoms with Crippen molar-refractivity contribution < 1.29 is 8.42 Å². The normalized spacial score (nSPS) is 21.6. The van der Waals surface area contributed by atoms with Gasteiger partial charge in [0.1, 0.15) is 0 Å². The molecule has 0 aromatic rings. The van der Waals surface area contributed by atoms with Gasteiger partial charge in [-0.1, -0.05) is 12.8 Å². The minimum absolute atomic E-state index is 0.273. The van der Waals surface area contributed by atoms with Crippen LogP contribution in [0.4, 0.5) is 0 Å². The Morgan fingerprint density at radius 1 is 1.55 bits per heavy atom. The van der Waals surface area contributed by atoms with E-state index in [2.05, 4.69) is 0 Å². The molecule has 2 N–H and O–H groups in total. The van der Waals surface area contributed by atoms with E-state index in [1.165, 1.54) is 19.1 Å². The first-order valence-corrected chi connectivity index (χ1v) is 5.88. The quantitative estimate of drug-likeness (QED) is 0.665. The summed E-state index contributed by atoms with van der Waals surface area (Å²) < 4.78 is 22.1. The topological polar surface area (TPSA) is 60.2 Å². The Morgan fingerprint density at radius 3 is 2.36 bits per heavy atom. The van der Waals surface area contributed by atoms with Gasteiger partial charge in [0.25, 0.3) is 0 Å². The molecule has 0 radical (unpaired) electrons. The molecule has 0 heterocycles. The van der Waals surface area contributed by atoms with Gasteiger partial charge in [0.05, 0.1) is 5.25 Å². The molecule has 0 aliphatic heterocycles. The third-order valence-corrected chi connectivity index (χ3v) is 3.76. The van der Waals surface area contributed by atoms with Crippen LogP contribution in [0.1, 0.15) is 19.3 Å². The van der Waals surface area contributed by atoms with Gasteiger partial charge in [0.15, 0.2) is 9.84 Å². The van der Waals surface area contributed by atoms with Crippen molar-refractivity contribution in [2.75, 3.05) is 12.8 Å². The van der Waals surface area contributed by atoms with E-state index in [0.29, 0.717) is 5.92 Å². The summed E-state index contributed by atoms with van der Waals surface area (Å²) in [5, 5.41) is -0.296. The molecule has 1 unspecified atom stereocenters. The summed E-state index contributed by atoms with van der Waals surface area (Å²) in [5.74, 6) is 0.637. The first-order chi connectivity index (χ1) is 5.04. The molecule has 1 rings (SSSR count). The Labute approximate surface area is 67.9 Å². The van der Waals surface area contributed by atoms with Crippen LogP contribution in [0.15, 0.2) is 0 Å². The van der Waals surface area contributed by atoms with Crippen LogP contribution in [0.5, 0.6) is 0 Å². The lowest BCUT2D eigenvalue weighted by Crippen LogP contribution is -2.29. The van der Waals surface area contributed by atoms with Crippen LogP contribution in [0, 0.1) is 5.92 Å². The Hall–Kier alpha value is -0.0900. The number of sulfone groups is 1. The van der Waals surface area contributed by atoms with E-state index in [1.54, 1.807) is 0 Å². The van der Waals surface area contributed by atoms with Crippen molar-refractivity contribution in [2.45, 2.75) is 24.5 Å². The highest BCUT2D eigenvalue weighted by Gasteiger charge is 2.29. The number of rotatable bonds is 4. The molecule has 1 atom stereocenters. The van der Waals surface area contributed by atoms with Gasteiger partial charge in [-0.3, -0.25) is 0 Å². The second-order valence-corrected chi connectivity index (χ2v) is 5.69. The van der Waals surface area contributed by atoms with Crippen LogP contribution in [0.2, 0.25) is 0 Å². The van der Waals surface area contributed by atoms with Crippen LogP contribution in [0.3, 0.4) is 0 Å². The largest absolute Gasteiger partial charge is 0.329 e. The average Bonchev–Trinajstić information content (AvgIpc) is 2.62. The van der Waals surface area contributed by atoms with E-state index < -0.39 is 9.84 Å². The summed E-state index contributed by atoms with van der Waals surface area (Å²) in [6.45, 7) is 0.273. The maximum atomic E-state index is 11.0. The van der Waals surface area contributed by atoms with Crippen LogP contribution in [-0.2, 0) is 9.84 Å². The molecule has 1 aliphatic carbocycles. The molecule has 0 aromatic carbocycles. The van der Waals surface area contributed by atoms with Crippen molar-refractivity contribution in [1.29, 1.82) is 0 Å². The second-order valence-electron chi connectivity index (χ2n) is 3.37. The fourth-order valence-electron chi connectivity index (χ4n) is 1.17. The Kier molecular flexibility index (Phi) is 2.54. The minimum Gasteiger partial charge on any atom is -0.329 e. The highest BCUT2D eigenvalue weighted by Crippen LogP contribution is 2.34. The predicted octanol–water partition coefficient (Wildman–Crippen LogP) is 0.158. The molecule has 66 valence electrons. The van der Waals surface area contributed by atoms with Crippen LogP contribution >= 0.6 is 0 Å². The molecule has 1 fully saturated rings. The smallest absolute Gasteiger partial charge is 0.151 e. The zero-order chi connectivity index (χ0) is 8.48. The summed E-state index contributed by atoms with van der Waals surface area (Å²) in [5.41, 5.74) is 5.36. The molecule has 4 heteroatoms. The number of hydrogen-bond donors (Lipinski definition) is 1. The van der Waals surface area contributed by atoms with Crippen LogP contribution in [0.25, 0.3) is 0 Å². The summed E-state index contributed by atoms with van der Waals surface area (Å²) in [4.78, 5) is 0. The molecular formula is C7H15NO2S. The summed E-state index contributed by atoms with van der Waals surface area (Å²) in [7, 11) is -2.90. The van der Waals surface area contributed by atoms with Gasteiger partial charge >= 0.3 is 0 Å². The lowest BCUT2D eigenvalue weighted by atomic mass is 10.2. The Morgan fingerprint density at radius 2 is 2.09 bits per heavy atom. The molecule has 0 bridgehead atoms. The fraction of sp³-hybridized carbons (Fsp3) is 1.00. The molecule has 0 saturated heterocycles. The van der Waals surface area contributed by atoms with Gasteiger partial charge in [-0.2, -0.15) is 0 Å². The zero-order valence-corrected chi connectivity index (χ0v) is 7.60. The van der Waals surface area contributed by atoms with Crippen LogP contribution < -0.4 is 5.73 Å². The Balaban J connectivity index is 2.48. The SMILES string of the molecule is CS(=O)(=O)C(CN)CC1CC1. The van der Waals surface area contributed by atoms with Gasteiger partial charge in [0.2, 0.25) is 0 Å². The van der Waals surface area contributed by atoms with Gasteiger partial charge in [-0.15, -0.1) is 0 Å². The van der Waals surface area contributed by atoms with Crippen molar-refractivity contribution in [1.82, 2.24) is 0 Å². The molecular weight excluding hydrogens is 162 g/mol. The lowest BCUT2D eigenvalue weighted by molar-refractivity contribution is 0.568. The van der Waals surface area contributed by atoms with E-state index in [1.807, 2.05) is 0 Å². The standard InChI is InChI=1S/C7H15NO2S/c1-11(9,10)7(5-8)4-6-2-3-6/h6-7H,2-5,8H2,1H3. The van der Waals surface area contributed by atoms with Crippen molar-refractivity contribution in [3.8, 4) is 0 Å². The second kappa shape index (κ2) is 3.11.